The highest BCUT2D eigenvalue weighted by molar-refractivity contribution is 5.70. The topological polar surface area (TPSA) is 72.8 Å². The smallest absolute Gasteiger partial charge is 0.308 e. The maximum atomic E-state index is 11.2. The van der Waals surface area contributed by atoms with Gasteiger partial charge in [-0.2, -0.15) is 0 Å². The number of hydrogen-bond acceptors (Lipinski definition) is 5. The molecule has 5 nitrogen and oxygen atoms in total. The van der Waals surface area contributed by atoms with Gasteiger partial charge in [0.05, 0.1) is 7.11 Å². The number of rotatable bonds is 12. The van der Waals surface area contributed by atoms with Gasteiger partial charge in [0.1, 0.15) is 11.5 Å². The Labute approximate surface area is 186 Å². The lowest BCUT2D eigenvalue weighted by Crippen LogP contribution is -2.03. The molecule has 0 atom stereocenters. The molecule has 0 aliphatic rings. The second kappa shape index (κ2) is 14.2. The molecule has 0 spiro atoms. The van der Waals surface area contributed by atoms with Crippen LogP contribution in [0, 0.1) is 0 Å². The molecule has 0 aromatic heterocycles. The van der Waals surface area contributed by atoms with Crippen LogP contribution in [0.3, 0.4) is 0 Å². The standard InChI is InChI=1S/C26H36O5/c1-19(9-7-11-21(3)13-17-26(29)30-5)8-6-10-20(2)12-14-23-18-24(28)15-16-25(23)31-22(4)27/h8,11-12,15-16,18,28H,6-7,9-10,13-14,17H2,1-5H3/b19-8+,20-12?,21-11+. The van der Waals surface area contributed by atoms with Crippen molar-refractivity contribution in [3.05, 3.63) is 58.7 Å². The molecule has 1 aromatic rings. The van der Waals surface area contributed by atoms with Crippen LogP contribution in [0.1, 0.15) is 71.8 Å². The van der Waals surface area contributed by atoms with E-state index in [-0.39, 0.29) is 17.7 Å². The summed E-state index contributed by atoms with van der Waals surface area (Å²) < 4.78 is 9.88. The lowest BCUT2D eigenvalue weighted by atomic mass is 10.0. The van der Waals surface area contributed by atoms with Crippen molar-refractivity contribution in [2.75, 3.05) is 7.11 Å². The highest BCUT2D eigenvalue weighted by Crippen LogP contribution is 2.25. The summed E-state index contributed by atoms with van der Waals surface area (Å²) in [5.41, 5.74) is 4.61. The van der Waals surface area contributed by atoms with Crippen LogP contribution < -0.4 is 4.74 Å². The van der Waals surface area contributed by atoms with Crippen molar-refractivity contribution in [1.29, 1.82) is 0 Å². The summed E-state index contributed by atoms with van der Waals surface area (Å²) in [6, 6.07) is 4.77. The van der Waals surface area contributed by atoms with E-state index in [1.165, 1.54) is 36.8 Å². The van der Waals surface area contributed by atoms with Gasteiger partial charge in [-0.25, -0.2) is 0 Å². The zero-order valence-electron chi connectivity index (χ0n) is 19.5. The third-order valence-electron chi connectivity index (χ3n) is 4.98. The highest BCUT2D eigenvalue weighted by Gasteiger charge is 2.07. The first-order chi connectivity index (χ1) is 14.7. The first kappa shape index (κ1) is 26.2. The Kier molecular flexibility index (Phi) is 12.0. The predicted octanol–water partition coefficient (Wildman–Crippen LogP) is 6.21. The van der Waals surface area contributed by atoms with Gasteiger partial charge in [0.2, 0.25) is 0 Å². The van der Waals surface area contributed by atoms with Crippen molar-refractivity contribution in [2.24, 2.45) is 0 Å². The lowest BCUT2D eigenvalue weighted by molar-refractivity contribution is -0.140. The molecule has 0 amide bonds. The number of phenols is 1. The average molecular weight is 429 g/mol. The zero-order chi connectivity index (χ0) is 23.2. The molecule has 31 heavy (non-hydrogen) atoms. The molecule has 0 saturated heterocycles. The van der Waals surface area contributed by atoms with Crippen LogP contribution in [0.4, 0.5) is 0 Å². The van der Waals surface area contributed by atoms with Gasteiger partial charge in [0.25, 0.3) is 0 Å². The van der Waals surface area contributed by atoms with Crippen molar-refractivity contribution in [3.63, 3.8) is 0 Å². The van der Waals surface area contributed by atoms with Gasteiger partial charge < -0.3 is 14.6 Å². The molecule has 0 bridgehead atoms. The third-order valence-corrected chi connectivity index (χ3v) is 4.98. The third kappa shape index (κ3) is 11.8. The van der Waals surface area contributed by atoms with E-state index in [4.69, 9.17) is 4.74 Å². The number of methoxy groups -OCH3 is 1. The molecule has 0 radical (unpaired) electrons. The molecule has 0 saturated carbocycles. The summed E-state index contributed by atoms with van der Waals surface area (Å²) >= 11 is 0. The molecule has 1 rings (SSSR count). The quantitative estimate of drug-likeness (QED) is 0.243. The van der Waals surface area contributed by atoms with Crippen molar-refractivity contribution in [1.82, 2.24) is 0 Å². The van der Waals surface area contributed by atoms with Gasteiger partial charge in [0.15, 0.2) is 0 Å². The highest BCUT2D eigenvalue weighted by atomic mass is 16.5. The van der Waals surface area contributed by atoms with E-state index in [1.807, 2.05) is 0 Å². The molecular weight excluding hydrogens is 392 g/mol. The van der Waals surface area contributed by atoms with Gasteiger partial charge >= 0.3 is 11.9 Å². The maximum Gasteiger partial charge on any atom is 0.308 e. The first-order valence-electron chi connectivity index (χ1n) is 10.7. The minimum absolute atomic E-state index is 0.157. The van der Waals surface area contributed by atoms with Crippen LogP contribution >= 0.6 is 0 Å². The number of aromatic hydroxyl groups is 1. The Balaban J connectivity index is 2.46. The molecule has 1 aromatic carbocycles. The molecule has 170 valence electrons. The molecule has 5 heteroatoms. The normalized spacial score (nSPS) is 12.6. The fourth-order valence-electron chi connectivity index (χ4n) is 3.06. The van der Waals surface area contributed by atoms with Gasteiger partial charge in [-0.05, 0) is 77.5 Å². The molecule has 0 aliphatic carbocycles. The Morgan fingerprint density at radius 1 is 0.871 bits per heavy atom. The SMILES string of the molecule is COC(=O)CC/C(C)=C/CC/C(C)=C/CCC(C)=CCc1cc(O)ccc1OC(C)=O. The second-order valence-corrected chi connectivity index (χ2v) is 7.89. The average Bonchev–Trinajstić information content (AvgIpc) is 2.71. The van der Waals surface area contributed by atoms with Gasteiger partial charge in [-0.1, -0.05) is 34.9 Å². The summed E-state index contributed by atoms with van der Waals surface area (Å²) in [5, 5.41) is 9.72. The molecule has 1 N–H and O–H groups in total. The number of esters is 2. The first-order valence-corrected chi connectivity index (χ1v) is 10.7. The van der Waals surface area contributed by atoms with Crippen molar-refractivity contribution in [2.45, 2.75) is 72.6 Å². The fraction of sp³-hybridized carbons (Fsp3) is 0.462. The van der Waals surface area contributed by atoms with Crippen molar-refractivity contribution in [3.8, 4) is 11.5 Å². The van der Waals surface area contributed by atoms with Crippen LogP contribution in [-0.2, 0) is 20.7 Å². The Bertz CT molecular complexity index is 830. The van der Waals surface area contributed by atoms with Crippen LogP contribution in [-0.4, -0.2) is 24.2 Å². The largest absolute Gasteiger partial charge is 0.508 e. The summed E-state index contributed by atoms with van der Waals surface area (Å²) in [6.07, 6.45) is 12.3. The molecule has 0 unspecified atom stereocenters. The number of benzene rings is 1. The number of carbonyl (C=O) groups is 2. The van der Waals surface area contributed by atoms with E-state index in [2.05, 4.69) is 43.7 Å². The summed E-state index contributed by atoms with van der Waals surface area (Å²) in [5.74, 6) is 0.103. The summed E-state index contributed by atoms with van der Waals surface area (Å²) in [7, 11) is 1.42. The molecular formula is C26H36O5. The van der Waals surface area contributed by atoms with Crippen molar-refractivity contribution < 1.29 is 24.2 Å². The summed E-state index contributed by atoms with van der Waals surface area (Å²) in [4.78, 5) is 22.4. The number of carbonyl (C=O) groups excluding carboxylic acids is 2. The number of phenolic OH excluding ortho intramolecular Hbond substituents is 1. The number of ether oxygens (including phenoxy) is 2. The molecule has 0 aliphatic heterocycles. The van der Waals surface area contributed by atoms with Crippen LogP contribution in [0.15, 0.2) is 53.1 Å². The Morgan fingerprint density at radius 2 is 1.45 bits per heavy atom. The number of allylic oxidation sites excluding steroid dienone is 6. The lowest BCUT2D eigenvalue weighted by Gasteiger charge is -2.08. The van der Waals surface area contributed by atoms with Crippen LogP contribution in [0.25, 0.3) is 0 Å². The van der Waals surface area contributed by atoms with Crippen molar-refractivity contribution >= 4 is 11.9 Å². The monoisotopic (exact) mass is 428 g/mol. The van der Waals surface area contributed by atoms with E-state index >= 15 is 0 Å². The Morgan fingerprint density at radius 3 is 2.03 bits per heavy atom. The van der Waals surface area contributed by atoms with E-state index in [9.17, 15) is 14.7 Å². The molecule has 0 heterocycles. The fourth-order valence-corrected chi connectivity index (χ4v) is 3.06. The van der Waals surface area contributed by atoms with E-state index in [1.54, 1.807) is 12.1 Å². The second-order valence-electron chi connectivity index (χ2n) is 7.89. The van der Waals surface area contributed by atoms with Crippen LogP contribution in [0.5, 0.6) is 11.5 Å². The van der Waals surface area contributed by atoms with Gasteiger partial charge in [-0.15, -0.1) is 0 Å². The van der Waals surface area contributed by atoms with Crippen LogP contribution in [0.2, 0.25) is 0 Å². The maximum absolute atomic E-state index is 11.2. The Hall–Kier alpha value is -2.82. The van der Waals surface area contributed by atoms with E-state index in [0.717, 1.165) is 37.7 Å². The molecule has 0 fully saturated rings. The number of hydrogen-bond donors (Lipinski definition) is 1. The van der Waals surface area contributed by atoms with Gasteiger partial charge in [-0.3, -0.25) is 9.59 Å². The minimum Gasteiger partial charge on any atom is -0.508 e. The van der Waals surface area contributed by atoms with E-state index in [0.29, 0.717) is 18.6 Å². The van der Waals surface area contributed by atoms with E-state index < -0.39 is 0 Å². The predicted molar refractivity (Wildman–Crippen MR) is 124 cm³/mol. The minimum atomic E-state index is -0.373. The summed E-state index contributed by atoms with van der Waals surface area (Å²) in [6.45, 7) is 7.65. The van der Waals surface area contributed by atoms with Gasteiger partial charge in [0, 0.05) is 18.9 Å². The zero-order valence-corrected chi connectivity index (χ0v) is 19.5.